The summed E-state index contributed by atoms with van der Waals surface area (Å²) in [5.74, 6) is 0.807. The summed E-state index contributed by atoms with van der Waals surface area (Å²) in [6, 6.07) is 16.8. The Kier molecular flexibility index (Phi) is 3.93. The van der Waals surface area contributed by atoms with Crippen LogP contribution in [-0.4, -0.2) is 22.3 Å². The summed E-state index contributed by atoms with van der Waals surface area (Å²) in [6.07, 6.45) is 5.23. The lowest BCUT2D eigenvalue weighted by atomic mass is 10.0. The van der Waals surface area contributed by atoms with Crippen LogP contribution in [0.1, 0.15) is 17.5 Å². The van der Waals surface area contributed by atoms with Crippen molar-refractivity contribution < 1.29 is 9.47 Å². The third-order valence-corrected chi connectivity index (χ3v) is 5.24. The van der Waals surface area contributed by atoms with Crippen molar-refractivity contribution in [2.24, 2.45) is 0 Å². The van der Waals surface area contributed by atoms with Crippen LogP contribution in [-0.2, 0) is 19.4 Å². The van der Waals surface area contributed by atoms with Gasteiger partial charge in [-0.2, -0.15) is 4.98 Å². The number of hydrogen-bond acceptors (Lipinski definition) is 4. The van der Waals surface area contributed by atoms with Crippen molar-refractivity contribution >= 4 is 0 Å². The maximum atomic E-state index is 11.3. The minimum atomic E-state index is -0.287. The van der Waals surface area contributed by atoms with Gasteiger partial charge in [0.15, 0.2) is 6.10 Å². The Morgan fingerprint density at radius 3 is 2.74 bits per heavy atom. The third-order valence-electron chi connectivity index (χ3n) is 5.24. The second-order valence-electron chi connectivity index (χ2n) is 7.11. The fourth-order valence-corrected chi connectivity index (χ4v) is 3.82. The van der Waals surface area contributed by atoms with E-state index in [0.29, 0.717) is 19.2 Å². The third kappa shape index (κ3) is 3.21. The van der Waals surface area contributed by atoms with Gasteiger partial charge in [-0.05, 0) is 53.6 Å². The Hall–Kier alpha value is -3.08. The molecule has 0 saturated carbocycles. The molecule has 5 rings (SSSR count). The van der Waals surface area contributed by atoms with E-state index in [9.17, 15) is 4.79 Å². The first-order valence-corrected chi connectivity index (χ1v) is 9.34. The Bertz CT molecular complexity index is 1040. The van der Waals surface area contributed by atoms with Crippen molar-refractivity contribution in [3.05, 3.63) is 76.2 Å². The molecule has 1 aliphatic carbocycles. The molecule has 1 aliphatic heterocycles. The zero-order valence-electron chi connectivity index (χ0n) is 14.9. The molecule has 0 radical (unpaired) electrons. The lowest BCUT2D eigenvalue weighted by Gasteiger charge is -2.12. The number of fused-ring (bicyclic) bond motifs is 2. The van der Waals surface area contributed by atoms with Crippen LogP contribution in [0.2, 0.25) is 0 Å². The van der Waals surface area contributed by atoms with Crippen LogP contribution in [0.15, 0.2) is 59.5 Å². The number of nitrogens with zero attached hydrogens (tertiary/aromatic N) is 2. The van der Waals surface area contributed by atoms with Crippen LogP contribution in [0.4, 0.5) is 0 Å². The van der Waals surface area contributed by atoms with Gasteiger partial charge in [-0.25, -0.2) is 0 Å². The Morgan fingerprint density at radius 1 is 1.04 bits per heavy atom. The molecule has 5 heteroatoms. The molecule has 27 heavy (non-hydrogen) atoms. The number of aryl methyl sites for hydroxylation is 2. The minimum absolute atomic E-state index is 0.143. The summed E-state index contributed by atoms with van der Waals surface area (Å²) in [5, 5.41) is 0. The molecular weight excluding hydrogens is 340 g/mol. The molecule has 2 aromatic carbocycles. The largest absolute Gasteiger partial charge is 0.490 e. The zero-order chi connectivity index (χ0) is 18.2. The molecule has 2 heterocycles. The van der Waals surface area contributed by atoms with E-state index < -0.39 is 0 Å². The van der Waals surface area contributed by atoms with Crippen LogP contribution in [0.25, 0.3) is 11.1 Å². The van der Waals surface area contributed by atoms with Crippen LogP contribution in [0.3, 0.4) is 0 Å². The maximum absolute atomic E-state index is 11.3. The van der Waals surface area contributed by atoms with Crippen molar-refractivity contribution in [1.82, 2.24) is 9.55 Å². The average Bonchev–Trinajstić information content (AvgIpc) is 3.32. The van der Waals surface area contributed by atoms with Gasteiger partial charge in [0.1, 0.15) is 12.4 Å². The molecule has 136 valence electrons. The Labute approximate surface area is 157 Å². The highest BCUT2D eigenvalue weighted by Crippen LogP contribution is 2.29. The van der Waals surface area contributed by atoms with Gasteiger partial charge < -0.3 is 9.47 Å². The van der Waals surface area contributed by atoms with Gasteiger partial charge in [-0.15, -0.1) is 0 Å². The van der Waals surface area contributed by atoms with E-state index in [4.69, 9.17) is 9.47 Å². The lowest BCUT2D eigenvalue weighted by Crippen LogP contribution is -2.23. The number of hydrogen-bond donors (Lipinski definition) is 0. The first kappa shape index (κ1) is 16.1. The minimum Gasteiger partial charge on any atom is -0.490 e. The number of rotatable bonds is 4. The Balaban J connectivity index is 1.23. The van der Waals surface area contributed by atoms with Crippen molar-refractivity contribution in [1.29, 1.82) is 0 Å². The summed E-state index contributed by atoms with van der Waals surface area (Å²) in [4.78, 5) is 15.1. The van der Waals surface area contributed by atoms with E-state index in [1.54, 1.807) is 6.20 Å². The standard InChI is InChI=1S/C22H20N2O3/c25-21-10-11-24-13-20(27-22(24)23-21)14-26-19-8-6-16(7-9-19)18-5-4-15-2-1-3-17(15)12-18/h4-12,20H,1-3,13-14H2. The van der Waals surface area contributed by atoms with Crippen molar-refractivity contribution in [2.75, 3.05) is 6.61 Å². The van der Waals surface area contributed by atoms with Crippen LogP contribution >= 0.6 is 0 Å². The van der Waals surface area contributed by atoms with E-state index in [2.05, 4.69) is 35.3 Å². The van der Waals surface area contributed by atoms with Gasteiger partial charge in [0, 0.05) is 12.3 Å². The number of benzene rings is 2. The first-order valence-electron chi connectivity index (χ1n) is 9.34. The summed E-state index contributed by atoms with van der Waals surface area (Å²) < 4.78 is 13.4. The van der Waals surface area contributed by atoms with Crippen LogP contribution in [0, 0.1) is 0 Å². The molecule has 1 unspecified atom stereocenters. The SMILES string of the molecule is O=c1ccn2c(n1)OC(COc1ccc(-c3ccc4c(c3)CCC4)cc1)C2. The molecule has 5 nitrogen and oxygen atoms in total. The van der Waals surface area contributed by atoms with Gasteiger partial charge in [0.05, 0.1) is 6.54 Å². The van der Waals surface area contributed by atoms with Crippen LogP contribution in [0.5, 0.6) is 11.8 Å². The molecule has 0 spiro atoms. The maximum Gasteiger partial charge on any atom is 0.300 e. The molecule has 2 aliphatic rings. The van der Waals surface area contributed by atoms with Gasteiger partial charge >= 0.3 is 0 Å². The molecule has 0 fully saturated rings. The topological polar surface area (TPSA) is 53.4 Å². The summed E-state index contributed by atoms with van der Waals surface area (Å²) >= 11 is 0. The van der Waals surface area contributed by atoms with E-state index in [1.807, 2.05) is 16.7 Å². The highest BCUT2D eigenvalue weighted by Gasteiger charge is 2.23. The van der Waals surface area contributed by atoms with Gasteiger partial charge in [-0.1, -0.05) is 30.3 Å². The molecular formula is C22H20N2O3. The van der Waals surface area contributed by atoms with Crippen molar-refractivity contribution in [2.45, 2.75) is 31.9 Å². The van der Waals surface area contributed by atoms with E-state index in [0.717, 1.165) is 5.75 Å². The molecule has 3 aromatic rings. The molecule has 1 aromatic heterocycles. The highest BCUT2D eigenvalue weighted by molar-refractivity contribution is 5.66. The molecule has 0 saturated heterocycles. The van der Waals surface area contributed by atoms with E-state index in [1.165, 1.54) is 47.6 Å². The Morgan fingerprint density at radius 2 is 1.85 bits per heavy atom. The zero-order valence-corrected chi connectivity index (χ0v) is 14.9. The monoisotopic (exact) mass is 360 g/mol. The number of ether oxygens (including phenoxy) is 2. The predicted octanol–water partition coefficient (Wildman–Crippen LogP) is 3.24. The average molecular weight is 360 g/mol. The molecule has 1 atom stereocenters. The normalized spacial score (nSPS) is 17.3. The molecule has 0 amide bonds. The summed E-state index contributed by atoms with van der Waals surface area (Å²) in [7, 11) is 0. The van der Waals surface area contributed by atoms with E-state index >= 15 is 0 Å². The molecule has 0 N–H and O–H groups in total. The quantitative estimate of drug-likeness (QED) is 0.717. The lowest BCUT2D eigenvalue weighted by molar-refractivity contribution is 0.143. The highest BCUT2D eigenvalue weighted by atomic mass is 16.6. The second kappa shape index (κ2) is 6.58. The smallest absolute Gasteiger partial charge is 0.300 e. The summed E-state index contributed by atoms with van der Waals surface area (Å²) in [5.41, 5.74) is 5.15. The van der Waals surface area contributed by atoms with Crippen molar-refractivity contribution in [3.8, 4) is 22.9 Å². The predicted molar refractivity (Wildman–Crippen MR) is 102 cm³/mol. The molecule has 0 bridgehead atoms. The fourth-order valence-electron chi connectivity index (χ4n) is 3.82. The van der Waals surface area contributed by atoms with Crippen molar-refractivity contribution in [3.63, 3.8) is 0 Å². The van der Waals surface area contributed by atoms with Gasteiger partial charge in [0.25, 0.3) is 11.6 Å². The number of aromatic nitrogens is 2. The summed E-state index contributed by atoms with van der Waals surface area (Å²) in [6.45, 7) is 1.05. The van der Waals surface area contributed by atoms with Crippen LogP contribution < -0.4 is 15.0 Å². The first-order chi connectivity index (χ1) is 13.2. The van der Waals surface area contributed by atoms with Gasteiger partial charge in [0.2, 0.25) is 0 Å². The second-order valence-corrected chi connectivity index (χ2v) is 7.11. The fraction of sp³-hybridized carbons (Fsp3) is 0.273. The van der Waals surface area contributed by atoms with E-state index in [-0.39, 0.29) is 11.7 Å². The van der Waals surface area contributed by atoms with Gasteiger partial charge in [-0.3, -0.25) is 9.36 Å².